The first kappa shape index (κ1) is 23.0. The molecule has 0 bridgehead atoms. The number of hydrogen-bond acceptors (Lipinski definition) is 7. The van der Waals surface area contributed by atoms with Gasteiger partial charge in [0.1, 0.15) is 11.6 Å². The maximum Gasteiger partial charge on any atom is 0.239 e. The van der Waals surface area contributed by atoms with E-state index in [-0.39, 0.29) is 12.4 Å². The van der Waals surface area contributed by atoms with Crippen molar-refractivity contribution in [3.05, 3.63) is 35.9 Å². The number of hydrogen-bond donors (Lipinski definition) is 1. The molecule has 2 aliphatic heterocycles. The van der Waals surface area contributed by atoms with Gasteiger partial charge in [0.15, 0.2) is 17.0 Å². The van der Waals surface area contributed by atoms with Gasteiger partial charge in [-0.15, -0.1) is 12.4 Å². The zero-order valence-corrected chi connectivity index (χ0v) is 20.5. The Morgan fingerprint density at radius 1 is 1.03 bits per heavy atom. The summed E-state index contributed by atoms with van der Waals surface area (Å²) in [4.78, 5) is 22.2. The first-order chi connectivity index (χ1) is 16.2. The zero-order valence-electron chi connectivity index (χ0n) is 19.7. The van der Waals surface area contributed by atoms with Gasteiger partial charge >= 0.3 is 0 Å². The monoisotopic (exact) mass is 482 g/mol. The van der Waals surface area contributed by atoms with E-state index in [0.29, 0.717) is 25.1 Å². The van der Waals surface area contributed by atoms with Gasteiger partial charge in [-0.25, -0.2) is 9.97 Å². The number of para-hydroxylation sites is 2. The van der Waals surface area contributed by atoms with Gasteiger partial charge in [-0.05, 0) is 50.9 Å². The molecule has 4 aromatic rings. The number of rotatable bonds is 4. The lowest BCUT2D eigenvalue weighted by molar-refractivity contribution is 0.122. The summed E-state index contributed by atoms with van der Waals surface area (Å²) in [5.74, 6) is 4.15. The molecule has 0 amide bonds. The van der Waals surface area contributed by atoms with Crippen molar-refractivity contribution in [1.29, 1.82) is 0 Å². The van der Waals surface area contributed by atoms with Crippen LogP contribution in [0.4, 0.5) is 5.82 Å². The van der Waals surface area contributed by atoms with Gasteiger partial charge in [0.05, 0.1) is 24.2 Å². The van der Waals surface area contributed by atoms with Crippen LogP contribution in [0.3, 0.4) is 0 Å². The summed E-state index contributed by atoms with van der Waals surface area (Å²) in [6, 6.07) is 8.14. The van der Waals surface area contributed by atoms with Crippen LogP contribution in [0.5, 0.6) is 0 Å². The highest BCUT2D eigenvalue weighted by Crippen LogP contribution is 2.29. The van der Waals surface area contributed by atoms with Crippen molar-refractivity contribution in [1.82, 2.24) is 34.4 Å². The maximum atomic E-state index is 5.61. The van der Waals surface area contributed by atoms with Crippen molar-refractivity contribution in [2.24, 2.45) is 13.0 Å². The summed E-state index contributed by atoms with van der Waals surface area (Å²) in [6.07, 6.45) is 3.35. The highest BCUT2D eigenvalue weighted by atomic mass is 35.5. The van der Waals surface area contributed by atoms with Gasteiger partial charge in [-0.2, -0.15) is 9.97 Å². The quantitative estimate of drug-likeness (QED) is 0.478. The third kappa shape index (κ3) is 4.01. The van der Waals surface area contributed by atoms with Crippen LogP contribution in [0, 0.1) is 12.8 Å². The smallest absolute Gasteiger partial charge is 0.239 e. The van der Waals surface area contributed by atoms with Crippen LogP contribution in [-0.4, -0.2) is 68.5 Å². The highest BCUT2D eigenvalue weighted by molar-refractivity contribution is 5.86. The average molecular weight is 483 g/mol. The Bertz CT molecular complexity index is 1300. The van der Waals surface area contributed by atoms with E-state index in [1.807, 2.05) is 25.1 Å². The van der Waals surface area contributed by atoms with Crippen molar-refractivity contribution < 1.29 is 4.74 Å². The maximum absolute atomic E-state index is 5.61. The molecule has 34 heavy (non-hydrogen) atoms. The van der Waals surface area contributed by atoms with Crippen LogP contribution in [0.1, 0.15) is 24.5 Å². The van der Waals surface area contributed by atoms with E-state index < -0.39 is 0 Å². The Morgan fingerprint density at radius 2 is 1.79 bits per heavy atom. The second-order valence-electron chi connectivity index (χ2n) is 9.09. The van der Waals surface area contributed by atoms with Crippen LogP contribution in [0.15, 0.2) is 24.3 Å². The van der Waals surface area contributed by atoms with Crippen molar-refractivity contribution in [2.75, 3.05) is 44.3 Å². The predicted octanol–water partition coefficient (Wildman–Crippen LogP) is 2.81. The summed E-state index contributed by atoms with van der Waals surface area (Å²) < 4.78 is 9.83. The molecule has 6 rings (SSSR count). The first-order valence-corrected chi connectivity index (χ1v) is 11.9. The second-order valence-corrected chi connectivity index (χ2v) is 9.09. The predicted molar refractivity (Wildman–Crippen MR) is 135 cm³/mol. The lowest BCUT2D eigenvalue weighted by Gasteiger charge is -2.28. The third-order valence-corrected chi connectivity index (χ3v) is 6.95. The van der Waals surface area contributed by atoms with Gasteiger partial charge in [0, 0.05) is 26.6 Å². The molecule has 0 spiro atoms. The van der Waals surface area contributed by atoms with Gasteiger partial charge in [-0.3, -0.25) is 4.57 Å². The van der Waals surface area contributed by atoms with Crippen molar-refractivity contribution in [3.63, 3.8) is 0 Å². The molecule has 2 saturated heterocycles. The first-order valence-electron chi connectivity index (χ1n) is 11.9. The van der Waals surface area contributed by atoms with E-state index in [0.717, 1.165) is 72.3 Å². The van der Waals surface area contributed by atoms with E-state index >= 15 is 0 Å². The molecule has 2 fully saturated rings. The summed E-state index contributed by atoms with van der Waals surface area (Å²) in [5, 5.41) is 3.46. The van der Waals surface area contributed by atoms with Gasteiger partial charge < -0.3 is 19.5 Å². The number of piperidine rings is 1. The summed E-state index contributed by atoms with van der Waals surface area (Å²) in [5.41, 5.74) is 3.72. The molecule has 3 aromatic heterocycles. The molecule has 180 valence electrons. The molecule has 1 N–H and O–H groups in total. The topological polar surface area (TPSA) is 85.9 Å². The fraction of sp³-hybridized carbons (Fsp3) is 0.500. The number of aromatic nitrogens is 6. The Morgan fingerprint density at radius 3 is 2.59 bits per heavy atom. The molecule has 5 heterocycles. The number of halogens is 1. The Labute approximate surface area is 205 Å². The molecule has 0 saturated carbocycles. The third-order valence-electron chi connectivity index (χ3n) is 6.95. The minimum atomic E-state index is 0. The molecule has 0 aliphatic carbocycles. The van der Waals surface area contributed by atoms with Crippen molar-refractivity contribution >= 4 is 40.4 Å². The van der Waals surface area contributed by atoms with E-state index in [1.165, 1.54) is 12.8 Å². The van der Waals surface area contributed by atoms with E-state index in [4.69, 9.17) is 24.7 Å². The number of aryl methyl sites for hydroxylation is 2. The molecule has 0 unspecified atom stereocenters. The molecule has 10 heteroatoms. The Balaban J connectivity index is 0.00000241. The fourth-order valence-corrected chi connectivity index (χ4v) is 5.10. The molecular weight excluding hydrogens is 452 g/mol. The summed E-state index contributed by atoms with van der Waals surface area (Å²) >= 11 is 0. The molecule has 0 atom stereocenters. The van der Waals surface area contributed by atoms with Crippen molar-refractivity contribution in [2.45, 2.75) is 26.2 Å². The molecule has 9 nitrogen and oxygen atoms in total. The van der Waals surface area contributed by atoms with E-state index in [9.17, 15) is 0 Å². The normalized spacial score (nSPS) is 17.4. The standard InChI is InChI=1S/C24H30N8O.ClH/c1-16-26-18-5-3-4-6-19(18)32(16)24-28-22-21(23(29-24)31-11-13-33-14-12-31)27-20(30(22)2)15-17-7-9-25-10-8-17;/h3-6,17,25H,7-15H2,1-2H3;1H. The van der Waals surface area contributed by atoms with Crippen LogP contribution < -0.4 is 10.2 Å². The van der Waals surface area contributed by atoms with Gasteiger partial charge in [0.2, 0.25) is 5.95 Å². The summed E-state index contributed by atoms with van der Waals surface area (Å²) in [6.45, 7) is 7.18. The number of nitrogens with one attached hydrogen (secondary N) is 1. The summed E-state index contributed by atoms with van der Waals surface area (Å²) in [7, 11) is 2.09. The number of morpholine rings is 1. The minimum absolute atomic E-state index is 0. The number of ether oxygens (including phenoxy) is 1. The van der Waals surface area contributed by atoms with Gasteiger partial charge in [-0.1, -0.05) is 12.1 Å². The molecule has 2 aliphatic rings. The number of nitrogens with zero attached hydrogens (tertiary/aromatic N) is 7. The van der Waals surface area contributed by atoms with Crippen LogP contribution in [0.25, 0.3) is 28.1 Å². The number of anilines is 1. The Kier molecular flexibility index (Phi) is 6.42. The molecule has 0 radical (unpaired) electrons. The number of imidazole rings is 2. The van der Waals surface area contributed by atoms with Crippen LogP contribution in [0.2, 0.25) is 0 Å². The van der Waals surface area contributed by atoms with Gasteiger partial charge in [0.25, 0.3) is 0 Å². The lowest BCUT2D eigenvalue weighted by Crippen LogP contribution is -2.37. The number of fused-ring (bicyclic) bond motifs is 2. The highest BCUT2D eigenvalue weighted by Gasteiger charge is 2.25. The average Bonchev–Trinajstić information content (AvgIpc) is 3.35. The number of benzene rings is 1. The zero-order chi connectivity index (χ0) is 22.4. The van der Waals surface area contributed by atoms with E-state index in [1.54, 1.807) is 0 Å². The molecule has 1 aromatic carbocycles. The second kappa shape index (κ2) is 9.48. The SMILES string of the molecule is Cc1nc2ccccc2n1-c1nc(N2CCOCC2)c2nc(CC3CCNCC3)n(C)c2n1.Cl. The molecular formula is C24H31ClN8O. The fourth-order valence-electron chi connectivity index (χ4n) is 5.10. The van der Waals surface area contributed by atoms with Crippen molar-refractivity contribution in [3.8, 4) is 5.95 Å². The largest absolute Gasteiger partial charge is 0.378 e. The minimum Gasteiger partial charge on any atom is -0.378 e. The van der Waals surface area contributed by atoms with Crippen LogP contribution >= 0.6 is 12.4 Å². The lowest BCUT2D eigenvalue weighted by atomic mass is 9.94. The van der Waals surface area contributed by atoms with Crippen LogP contribution in [-0.2, 0) is 18.2 Å². The Hall–Kier alpha value is -2.75. The van der Waals surface area contributed by atoms with E-state index in [2.05, 4.69) is 32.5 Å².